The van der Waals surface area contributed by atoms with E-state index in [1.165, 1.54) is 0 Å². The SMILES string of the molecule is CC(C)(C)N1CC(CNc2ncccc2C(N)=O)CC1=O. The van der Waals surface area contributed by atoms with Crippen LogP contribution in [0, 0.1) is 5.92 Å². The van der Waals surface area contributed by atoms with E-state index in [9.17, 15) is 9.59 Å². The fraction of sp³-hybridized carbons (Fsp3) is 0.533. The van der Waals surface area contributed by atoms with Gasteiger partial charge in [0.25, 0.3) is 5.91 Å². The fourth-order valence-corrected chi connectivity index (χ4v) is 2.55. The van der Waals surface area contributed by atoms with Gasteiger partial charge < -0.3 is 16.0 Å². The summed E-state index contributed by atoms with van der Waals surface area (Å²) < 4.78 is 0. The van der Waals surface area contributed by atoms with Crippen LogP contribution in [0.15, 0.2) is 18.3 Å². The molecule has 1 aliphatic heterocycles. The van der Waals surface area contributed by atoms with E-state index in [4.69, 9.17) is 5.73 Å². The van der Waals surface area contributed by atoms with Crippen molar-refractivity contribution in [2.75, 3.05) is 18.4 Å². The Morgan fingerprint density at radius 3 is 2.81 bits per heavy atom. The molecule has 1 fully saturated rings. The van der Waals surface area contributed by atoms with Crippen LogP contribution >= 0.6 is 0 Å². The molecule has 1 unspecified atom stereocenters. The molecule has 6 heteroatoms. The summed E-state index contributed by atoms with van der Waals surface area (Å²) >= 11 is 0. The van der Waals surface area contributed by atoms with Crippen molar-refractivity contribution >= 4 is 17.6 Å². The van der Waals surface area contributed by atoms with Gasteiger partial charge in [-0.3, -0.25) is 9.59 Å². The average molecular weight is 290 g/mol. The summed E-state index contributed by atoms with van der Waals surface area (Å²) in [5.41, 5.74) is 5.53. The van der Waals surface area contributed by atoms with Gasteiger partial charge in [0.05, 0.1) is 5.56 Å². The molecule has 0 spiro atoms. The van der Waals surface area contributed by atoms with Gasteiger partial charge in [-0.25, -0.2) is 4.98 Å². The van der Waals surface area contributed by atoms with E-state index in [1.54, 1.807) is 18.3 Å². The Hall–Kier alpha value is -2.11. The van der Waals surface area contributed by atoms with Crippen LogP contribution in [0.3, 0.4) is 0 Å². The van der Waals surface area contributed by atoms with Crippen LogP contribution in [0.4, 0.5) is 5.82 Å². The van der Waals surface area contributed by atoms with Crippen molar-refractivity contribution in [3.05, 3.63) is 23.9 Å². The molecule has 2 heterocycles. The van der Waals surface area contributed by atoms with Crippen molar-refractivity contribution in [1.29, 1.82) is 0 Å². The largest absolute Gasteiger partial charge is 0.369 e. The molecule has 0 aliphatic carbocycles. The number of carbonyl (C=O) groups is 2. The summed E-state index contributed by atoms with van der Waals surface area (Å²) in [4.78, 5) is 29.4. The minimum Gasteiger partial charge on any atom is -0.369 e. The summed E-state index contributed by atoms with van der Waals surface area (Å²) in [6.45, 7) is 7.41. The van der Waals surface area contributed by atoms with E-state index in [2.05, 4.69) is 10.3 Å². The first-order valence-corrected chi connectivity index (χ1v) is 7.08. The maximum atomic E-state index is 12.0. The molecule has 1 aliphatic rings. The van der Waals surface area contributed by atoms with Gasteiger partial charge in [-0.1, -0.05) is 0 Å². The first kappa shape index (κ1) is 15.3. The second-order valence-electron chi connectivity index (χ2n) is 6.39. The zero-order valence-corrected chi connectivity index (χ0v) is 12.7. The van der Waals surface area contributed by atoms with Crippen LogP contribution in [0.5, 0.6) is 0 Å². The molecule has 1 atom stereocenters. The van der Waals surface area contributed by atoms with Gasteiger partial charge in [-0.2, -0.15) is 0 Å². The second-order valence-corrected chi connectivity index (χ2v) is 6.39. The molecule has 0 aromatic carbocycles. The first-order valence-electron chi connectivity index (χ1n) is 7.08. The number of carbonyl (C=O) groups excluding carboxylic acids is 2. The summed E-state index contributed by atoms with van der Waals surface area (Å²) in [6, 6.07) is 3.31. The van der Waals surface area contributed by atoms with E-state index in [0.717, 1.165) is 0 Å². The van der Waals surface area contributed by atoms with Crippen LogP contribution in [-0.4, -0.2) is 40.3 Å². The van der Waals surface area contributed by atoms with Gasteiger partial charge in [0.1, 0.15) is 5.82 Å². The topological polar surface area (TPSA) is 88.3 Å². The predicted octanol–water partition coefficient (Wildman–Crippen LogP) is 1.24. The Bertz CT molecular complexity index is 551. The third-order valence-electron chi connectivity index (χ3n) is 3.65. The second kappa shape index (κ2) is 5.71. The van der Waals surface area contributed by atoms with Crippen LogP contribution in [-0.2, 0) is 4.79 Å². The molecule has 0 saturated carbocycles. The number of rotatable bonds is 4. The molecule has 0 radical (unpaired) electrons. The molecule has 1 aromatic heterocycles. The van der Waals surface area contributed by atoms with E-state index in [0.29, 0.717) is 30.9 Å². The molecule has 1 aromatic rings. The molecule has 3 N–H and O–H groups in total. The lowest BCUT2D eigenvalue weighted by atomic mass is 10.1. The number of aromatic nitrogens is 1. The number of nitrogens with zero attached hydrogens (tertiary/aromatic N) is 2. The Balaban J connectivity index is 1.99. The Morgan fingerprint density at radius 2 is 2.24 bits per heavy atom. The van der Waals surface area contributed by atoms with Crippen molar-refractivity contribution < 1.29 is 9.59 Å². The van der Waals surface area contributed by atoms with Crippen molar-refractivity contribution in [2.45, 2.75) is 32.7 Å². The van der Waals surface area contributed by atoms with Gasteiger partial charge in [-0.05, 0) is 32.9 Å². The number of amides is 2. The third kappa shape index (κ3) is 3.51. The van der Waals surface area contributed by atoms with Gasteiger partial charge >= 0.3 is 0 Å². The number of likely N-dealkylation sites (tertiary alicyclic amines) is 1. The molecule has 114 valence electrons. The van der Waals surface area contributed by atoms with E-state index >= 15 is 0 Å². The summed E-state index contributed by atoms with van der Waals surface area (Å²) in [6.07, 6.45) is 2.12. The van der Waals surface area contributed by atoms with Crippen molar-refractivity contribution in [1.82, 2.24) is 9.88 Å². The zero-order valence-electron chi connectivity index (χ0n) is 12.7. The Kier molecular flexibility index (Phi) is 4.16. The van der Waals surface area contributed by atoms with Crippen molar-refractivity contribution in [2.24, 2.45) is 11.7 Å². The van der Waals surface area contributed by atoms with Crippen LogP contribution in [0.2, 0.25) is 0 Å². The molecule has 2 amide bonds. The van der Waals surface area contributed by atoms with Crippen molar-refractivity contribution in [3.63, 3.8) is 0 Å². The number of nitrogens with one attached hydrogen (secondary N) is 1. The van der Waals surface area contributed by atoms with Gasteiger partial charge in [0.15, 0.2) is 0 Å². The summed E-state index contributed by atoms with van der Waals surface area (Å²) in [5.74, 6) is 0.348. The summed E-state index contributed by atoms with van der Waals surface area (Å²) in [5, 5.41) is 3.14. The Morgan fingerprint density at radius 1 is 1.52 bits per heavy atom. The molecular formula is C15H22N4O2. The molecule has 1 saturated heterocycles. The Labute approximate surface area is 124 Å². The molecule has 2 rings (SSSR count). The van der Waals surface area contributed by atoms with E-state index in [-0.39, 0.29) is 17.4 Å². The maximum absolute atomic E-state index is 12.0. The lowest BCUT2D eigenvalue weighted by molar-refractivity contribution is -0.131. The van der Waals surface area contributed by atoms with Crippen LogP contribution in [0.1, 0.15) is 37.6 Å². The highest BCUT2D eigenvalue weighted by Crippen LogP contribution is 2.26. The van der Waals surface area contributed by atoms with E-state index < -0.39 is 5.91 Å². The van der Waals surface area contributed by atoms with Crippen LogP contribution in [0.25, 0.3) is 0 Å². The highest BCUT2D eigenvalue weighted by molar-refractivity contribution is 5.97. The molecular weight excluding hydrogens is 268 g/mol. The normalized spacial score (nSPS) is 18.9. The average Bonchev–Trinajstić information content (AvgIpc) is 2.78. The monoisotopic (exact) mass is 290 g/mol. The molecule has 6 nitrogen and oxygen atoms in total. The summed E-state index contributed by atoms with van der Waals surface area (Å²) in [7, 11) is 0. The van der Waals surface area contributed by atoms with E-state index in [1.807, 2.05) is 25.7 Å². The number of nitrogens with two attached hydrogens (primary N) is 1. The fourth-order valence-electron chi connectivity index (χ4n) is 2.55. The number of primary amides is 1. The number of pyridine rings is 1. The maximum Gasteiger partial charge on any atom is 0.252 e. The number of hydrogen-bond donors (Lipinski definition) is 2. The number of hydrogen-bond acceptors (Lipinski definition) is 4. The predicted molar refractivity (Wildman–Crippen MR) is 80.8 cm³/mol. The molecule has 21 heavy (non-hydrogen) atoms. The highest BCUT2D eigenvalue weighted by Gasteiger charge is 2.35. The lowest BCUT2D eigenvalue weighted by Gasteiger charge is -2.32. The first-order chi connectivity index (χ1) is 9.79. The zero-order chi connectivity index (χ0) is 15.6. The smallest absolute Gasteiger partial charge is 0.252 e. The molecule has 0 bridgehead atoms. The lowest BCUT2D eigenvalue weighted by Crippen LogP contribution is -2.42. The van der Waals surface area contributed by atoms with Crippen molar-refractivity contribution in [3.8, 4) is 0 Å². The van der Waals surface area contributed by atoms with Gasteiger partial charge in [-0.15, -0.1) is 0 Å². The minimum absolute atomic E-state index is 0.158. The third-order valence-corrected chi connectivity index (χ3v) is 3.65. The standard InChI is InChI=1S/C15H22N4O2/c1-15(2,3)19-9-10(7-12(19)20)8-18-14-11(13(16)21)5-4-6-17-14/h4-6,10H,7-9H2,1-3H3,(H2,16,21)(H,17,18). The minimum atomic E-state index is -0.510. The van der Waals surface area contributed by atoms with Gasteiger partial charge in [0.2, 0.25) is 5.91 Å². The number of anilines is 1. The quantitative estimate of drug-likeness (QED) is 0.873. The van der Waals surface area contributed by atoms with Gasteiger partial charge in [0, 0.05) is 37.2 Å². The highest BCUT2D eigenvalue weighted by atomic mass is 16.2. The van der Waals surface area contributed by atoms with Crippen LogP contribution < -0.4 is 11.1 Å².